The first-order valence-corrected chi connectivity index (χ1v) is 6.39. The predicted molar refractivity (Wildman–Crippen MR) is 71.8 cm³/mol. The largest absolute Gasteiger partial charge is 0.466 e. The first-order chi connectivity index (χ1) is 10.5. The summed E-state index contributed by atoms with van der Waals surface area (Å²) in [7, 11) is 1.17. The van der Waals surface area contributed by atoms with Crippen molar-refractivity contribution in [1.29, 1.82) is 0 Å². The summed E-state index contributed by atoms with van der Waals surface area (Å²) in [5.41, 5.74) is -1.80. The fraction of sp³-hybridized carbons (Fsp3) is 0.500. The molecular weight excluding hydrogens is 298 g/mol. The molecule has 10 nitrogen and oxygen atoms in total. The number of aliphatic hydroxyl groups excluding tert-OH is 2. The van der Waals surface area contributed by atoms with Gasteiger partial charge in [-0.1, -0.05) is 0 Å². The van der Waals surface area contributed by atoms with Gasteiger partial charge in [-0.15, -0.1) is 0 Å². The standard InChI is InChI=1S/C12H15N3O7/c1-21-10(18)3-2-6-11(19)13-12(20)15(14-6)9-4-7(17)8(5-16)22-9/h2-3,7-9,16-17H,4-5H2,1H3,(H,13,19,20)/b3-2+/t7-,8-,9?/m1/s1. The first-order valence-electron chi connectivity index (χ1n) is 6.39. The van der Waals surface area contributed by atoms with Crippen LogP contribution in [0.5, 0.6) is 0 Å². The lowest BCUT2D eigenvalue weighted by Crippen LogP contribution is -2.36. The van der Waals surface area contributed by atoms with Crippen LogP contribution < -0.4 is 11.2 Å². The van der Waals surface area contributed by atoms with E-state index < -0.39 is 42.3 Å². The lowest BCUT2D eigenvalue weighted by Gasteiger charge is -2.13. The van der Waals surface area contributed by atoms with Gasteiger partial charge in [0.05, 0.1) is 19.8 Å². The van der Waals surface area contributed by atoms with Gasteiger partial charge in [0.15, 0.2) is 6.23 Å². The summed E-state index contributed by atoms with van der Waals surface area (Å²) in [6.45, 7) is -0.412. The number of nitrogens with zero attached hydrogens (tertiary/aromatic N) is 2. The molecule has 1 aromatic rings. The molecule has 22 heavy (non-hydrogen) atoms. The molecular formula is C12H15N3O7. The molecule has 0 radical (unpaired) electrons. The van der Waals surface area contributed by atoms with Crippen LogP contribution >= 0.6 is 0 Å². The molecule has 1 saturated heterocycles. The zero-order valence-electron chi connectivity index (χ0n) is 11.6. The van der Waals surface area contributed by atoms with Crippen LogP contribution in [0.2, 0.25) is 0 Å². The van der Waals surface area contributed by atoms with Crippen molar-refractivity contribution in [2.45, 2.75) is 24.9 Å². The molecule has 0 spiro atoms. The molecule has 0 bridgehead atoms. The van der Waals surface area contributed by atoms with Gasteiger partial charge in [-0.3, -0.25) is 9.78 Å². The first kappa shape index (κ1) is 16.1. The quantitative estimate of drug-likeness (QED) is 0.418. The number of aliphatic hydroxyl groups is 2. The Morgan fingerprint density at radius 3 is 2.91 bits per heavy atom. The van der Waals surface area contributed by atoms with Gasteiger partial charge in [-0.05, 0) is 6.08 Å². The number of aromatic amines is 1. The van der Waals surface area contributed by atoms with Crippen LogP contribution in [0.4, 0.5) is 0 Å². The van der Waals surface area contributed by atoms with E-state index in [1.165, 1.54) is 7.11 Å². The average Bonchev–Trinajstić information content (AvgIpc) is 2.86. The van der Waals surface area contributed by atoms with Gasteiger partial charge >= 0.3 is 11.7 Å². The van der Waals surface area contributed by atoms with Crippen LogP contribution in [0.1, 0.15) is 18.3 Å². The van der Waals surface area contributed by atoms with Gasteiger partial charge in [0, 0.05) is 12.5 Å². The molecule has 10 heteroatoms. The second-order valence-corrected chi connectivity index (χ2v) is 4.56. The number of hydrogen-bond donors (Lipinski definition) is 3. The van der Waals surface area contributed by atoms with Crippen molar-refractivity contribution in [2.24, 2.45) is 0 Å². The summed E-state index contributed by atoms with van der Waals surface area (Å²) in [6, 6.07) is 0. The molecule has 3 N–H and O–H groups in total. The number of esters is 1. The highest BCUT2D eigenvalue weighted by molar-refractivity contribution is 5.86. The summed E-state index contributed by atoms with van der Waals surface area (Å²) in [6.07, 6.45) is -0.612. The summed E-state index contributed by atoms with van der Waals surface area (Å²) >= 11 is 0. The fourth-order valence-electron chi connectivity index (χ4n) is 1.97. The minimum absolute atomic E-state index is 0.0321. The Labute approximate surface area is 123 Å². The number of carbonyl (C=O) groups excluding carboxylic acids is 1. The second kappa shape index (κ2) is 6.64. The number of carbonyl (C=O) groups is 1. The number of H-pyrrole nitrogens is 1. The van der Waals surface area contributed by atoms with E-state index in [9.17, 15) is 19.5 Å². The molecule has 120 valence electrons. The van der Waals surface area contributed by atoms with Crippen molar-refractivity contribution >= 4 is 12.0 Å². The molecule has 0 aromatic carbocycles. The third-order valence-electron chi connectivity index (χ3n) is 3.11. The van der Waals surface area contributed by atoms with Crippen molar-refractivity contribution in [3.63, 3.8) is 0 Å². The van der Waals surface area contributed by atoms with Gasteiger partial charge in [-0.2, -0.15) is 9.78 Å². The number of hydrogen-bond acceptors (Lipinski definition) is 8. The number of nitrogens with one attached hydrogen (secondary N) is 1. The fourth-order valence-corrected chi connectivity index (χ4v) is 1.97. The van der Waals surface area contributed by atoms with Crippen molar-refractivity contribution in [3.05, 3.63) is 32.6 Å². The third-order valence-corrected chi connectivity index (χ3v) is 3.11. The lowest BCUT2D eigenvalue weighted by atomic mass is 10.2. The number of aromatic nitrogens is 3. The van der Waals surface area contributed by atoms with Crippen molar-refractivity contribution in [2.75, 3.05) is 13.7 Å². The Hall–Kier alpha value is -2.30. The summed E-state index contributed by atoms with van der Waals surface area (Å²) in [5, 5.41) is 22.5. The van der Waals surface area contributed by atoms with E-state index in [4.69, 9.17) is 9.84 Å². The zero-order chi connectivity index (χ0) is 16.3. The summed E-state index contributed by atoms with van der Waals surface area (Å²) < 4.78 is 10.5. The van der Waals surface area contributed by atoms with Crippen molar-refractivity contribution in [1.82, 2.24) is 14.8 Å². The second-order valence-electron chi connectivity index (χ2n) is 4.56. The van der Waals surface area contributed by atoms with E-state index >= 15 is 0 Å². The van der Waals surface area contributed by atoms with Gasteiger partial charge in [0.25, 0.3) is 5.56 Å². The van der Waals surface area contributed by atoms with Crippen LogP contribution in [0, 0.1) is 0 Å². The third kappa shape index (κ3) is 3.30. The molecule has 1 fully saturated rings. The van der Waals surface area contributed by atoms with E-state index in [1.54, 1.807) is 0 Å². The maximum absolute atomic E-state index is 11.8. The highest BCUT2D eigenvalue weighted by atomic mass is 16.5. The Morgan fingerprint density at radius 1 is 1.59 bits per heavy atom. The molecule has 2 heterocycles. The topological polar surface area (TPSA) is 144 Å². The zero-order valence-corrected chi connectivity index (χ0v) is 11.6. The van der Waals surface area contributed by atoms with Gasteiger partial charge in [0.2, 0.25) is 0 Å². The van der Waals surface area contributed by atoms with Crippen molar-refractivity contribution < 1.29 is 24.5 Å². The molecule has 1 aliphatic heterocycles. The van der Waals surface area contributed by atoms with Crippen molar-refractivity contribution in [3.8, 4) is 0 Å². The van der Waals surface area contributed by atoms with E-state index in [-0.39, 0.29) is 12.1 Å². The molecule has 1 aromatic heterocycles. The van der Waals surface area contributed by atoms with Crippen LogP contribution in [0.3, 0.4) is 0 Å². The Bertz CT molecular complexity index is 693. The summed E-state index contributed by atoms with van der Waals surface area (Å²) in [4.78, 5) is 36.5. The Morgan fingerprint density at radius 2 is 2.32 bits per heavy atom. The molecule has 1 aliphatic rings. The minimum Gasteiger partial charge on any atom is -0.466 e. The lowest BCUT2D eigenvalue weighted by molar-refractivity contribution is -0.134. The summed E-state index contributed by atoms with van der Waals surface area (Å²) in [5.74, 6) is -0.688. The molecule has 3 atom stereocenters. The molecule has 0 saturated carbocycles. The Kier molecular flexibility index (Phi) is 4.85. The van der Waals surface area contributed by atoms with Gasteiger partial charge in [0.1, 0.15) is 11.8 Å². The van der Waals surface area contributed by atoms with Crippen LogP contribution in [0.25, 0.3) is 6.08 Å². The average molecular weight is 313 g/mol. The highest BCUT2D eigenvalue weighted by Gasteiger charge is 2.35. The maximum atomic E-state index is 11.8. The maximum Gasteiger partial charge on any atom is 0.347 e. The number of methoxy groups -OCH3 is 1. The predicted octanol–water partition coefficient (Wildman–Crippen LogP) is -2.24. The highest BCUT2D eigenvalue weighted by Crippen LogP contribution is 2.26. The van der Waals surface area contributed by atoms with Gasteiger partial charge < -0.3 is 19.7 Å². The molecule has 2 rings (SSSR count). The van der Waals surface area contributed by atoms with E-state index in [1.807, 2.05) is 4.98 Å². The van der Waals surface area contributed by atoms with E-state index in [2.05, 4.69) is 9.84 Å². The van der Waals surface area contributed by atoms with E-state index in [0.717, 1.165) is 16.8 Å². The molecule has 0 aliphatic carbocycles. The molecule has 1 unspecified atom stereocenters. The normalized spacial score (nSPS) is 24.8. The minimum atomic E-state index is -0.954. The van der Waals surface area contributed by atoms with Crippen LogP contribution in [-0.2, 0) is 14.3 Å². The number of ether oxygens (including phenoxy) is 2. The van der Waals surface area contributed by atoms with Crippen LogP contribution in [-0.4, -0.2) is 56.9 Å². The molecule has 0 amide bonds. The Balaban J connectivity index is 2.33. The van der Waals surface area contributed by atoms with Crippen LogP contribution in [0.15, 0.2) is 15.7 Å². The van der Waals surface area contributed by atoms with E-state index in [0.29, 0.717) is 0 Å². The smallest absolute Gasteiger partial charge is 0.347 e. The van der Waals surface area contributed by atoms with Gasteiger partial charge in [-0.25, -0.2) is 9.59 Å². The number of rotatable bonds is 4. The monoisotopic (exact) mass is 313 g/mol. The SMILES string of the molecule is COC(=O)/C=C/c1nn(C2C[C@@H](O)[C@@H](CO)O2)c(=O)[nH]c1=O.